The molecule has 1 saturated heterocycles. The van der Waals surface area contributed by atoms with Crippen LogP contribution in [-0.4, -0.2) is 41.3 Å². The van der Waals surface area contributed by atoms with Crippen molar-refractivity contribution in [3.8, 4) is 0 Å². The van der Waals surface area contributed by atoms with Gasteiger partial charge in [0, 0.05) is 19.5 Å². The Balaban J connectivity index is 1.67. The van der Waals surface area contributed by atoms with Crippen LogP contribution in [0.15, 0.2) is 30.3 Å². The summed E-state index contributed by atoms with van der Waals surface area (Å²) in [5.74, 6) is 0.398. The standard InChI is InChI=1S/C25H40N4O2/c1-3-5-17-25(18-6-4-2)23(31)29(24(26)28-25)20-12-8-11-15-22(30)27-19-16-21-13-9-7-10-14-21/h7,9-10,13-14H,3-6,8,11-12,15-20H2,1-2H3,(H2,26,28)(H,27,30). The Labute approximate surface area is 187 Å². The third-order valence-corrected chi connectivity index (χ3v) is 6.06. The van der Waals surface area contributed by atoms with E-state index in [-0.39, 0.29) is 17.8 Å². The van der Waals surface area contributed by atoms with Crippen molar-refractivity contribution in [3.63, 3.8) is 0 Å². The summed E-state index contributed by atoms with van der Waals surface area (Å²) in [7, 11) is 0. The average molecular weight is 429 g/mol. The smallest absolute Gasteiger partial charge is 0.255 e. The first-order valence-corrected chi connectivity index (χ1v) is 12.0. The van der Waals surface area contributed by atoms with E-state index < -0.39 is 5.54 Å². The maximum absolute atomic E-state index is 13.1. The highest BCUT2D eigenvalue weighted by Crippen LogP contribution is 2.29. The second-order valence-electron chi connectivity index (χ2n) is 8.62. The van der Waals surface area contributed by atoms with E-state index in [0.29, 0.717) is 19.5 Å². The van der Waals surface area contributed by atoms with Gasteiger partial charge in [-0.3, -0.25) is 19.9 Å². The van der Waals surface area contributed by atoms with E-state index in [0.717, 1.165) is 64.2 Å². The highest BCUT2D eigenvalue weighted by molar-refractivity contribution is 6.07. The normalized spacial score (nSPS) is 15.2. The second kappa shape index (κ2) is 13.1. The van der Waals surface area contributed by atoms with Crippen LogP contribution in [-0.2, 0) is 16.0 Å². The van der Waals surface area contributed by atoms with Gasteiger partial charge in [-0.25, -0.2) is 0 Å². The molecule has 0 radical (unpaired) electrons. The number of unbranched alkanes of at least 4 members (excludes halogenated alkanes) is 4. The molecule has 0 aromatic heterocycles. The monoisotopic (exact) mass is 428 g/mol. The Morgan fingerprint density at radius 3 is 2.35 bits per heavy atom. The molecule has 2 amide bonds. The average Bonchev–Trinajstić information content (AvgIpc) is 3.01. The molecular formula is C25H40N4O2. The van der Waals surface area contributed by atoms with Gasteiger partial charge in [0.15, 0.2) is 5.96 Å². The van der Waals surface area contributed by atoms with Crippen LogP contribution in [0, 0.1) is 5.41 Å². The summed E-state index contributed by atoms with van der Waals surface area (Å²) in [5.41, 5.74) is 0.643. The molecule has 0 atom stereocenters. The van der Waals surface area contributed by atoms with E-state index in [4.69, 9.17) is 5.41 Å². The van der Waals surface area contributed by atoms with Crippen molar-refractivity contribution in [3.05, 3.63) is 35.9 Å². The van der Waals surface area contributed by atoms with Gasteiger partial charge in [0.05, 0.1) is 0 Å². The Morgan fingerprint density at radius 2 is 1.71 bits per heavy atom. The van der Waals surface area contributed by atoms with Gasteiger partial charge in [0.2, 0.25) is 5.91 Å². The molecule has 6 heteroatoms. The Kier molecular flexibility index (Phi) is 10.5. The Bertz CT molecular complexity index is 697. The number of nitrogens with one attached hydrogen (secondary N) is 3. The lowest BCUT2D eigenvalue weighted by Crippen LogP contribution is -2.47. The van der Waals surface area contributed by atoms with E-state index in [1.165, 1.54) is 5.56 Å². The maximum atomic E-state index is 13.1. The van der Waals surface area contributed by atoms with Crippen molar-refractivity contribution in [2.75, 3.05) is 13.1 Å². The van der Waals surface area contributed by atoms with Gasteiger partial charge < -0.3 is 10.6 Å². The number of benzene rings is 1. The van der Waals surface area contributed by atoms with Gasteiger partial charge in [0.1, 0.15) is 5.54 Å². The summed E-state index contributed by atoms with van der Waals surface area (Å²) in [6.07, 6.45) is 9.50. The van der Waals surface area contributed by atoms with E-state index in [1.54, 1.807) is 4.90 Å². The first kappa shape index (κ1) is 24.9. The van der Waals surface area contributed by atoms with Crippen LogP contribution < -0.4 is 10.6 Å². The summed E-state index contributed by atoms with van der Waals surface area (Å²) >= 11 is 0. The Morgan fingerprint density at radius 1 is 1.03 bits per heavy atom. The molecule has 0 spiro atoms. The fourth-order valence-corrected chi connectivity index (χ4v) is 4.15. The lowest BCUT2D eigenvalue weighted by atomic mass is 9.87. The second-order valence-corrected chi connectivity index (χ2v) is 8.62. The van der Waals surface area contributed by atoms with E-state index in [9.17, 15) is 9.59 Å². The van der Waals surface area contributed by atoms with E-state index in [2.05, 4.69) is 36.6 Å². The first-order valence-electron chi connectivity index (χ1n) is 12.0. The number of guanidine groups is 1. The van der Waals surface area contributed by atoms with Gasteiger partial charge in [-0.2, -0.15) is 0 Å². The Hall–Kier alpha value is -2.37. The predicted octanol–water partition coefficient (Wildman–Crippen LogP) is 4.39. The molecule has 1 fully saturated rings. The molecule has 31 heavy (non-hydrogen) atoms. The molecule has 0 saturated carbocycles. The fraction of sp³-hybridized carbons (Fsp3) is 0.640. The number of nitrogens with zero attached hydrogens (tertiary/aromatic N) is 1. The predicted molar refractivity (Wildman–Crippen MR) is 126 cm³/mol. The summed E-state index contributed by atoms with van der Waals surface area (Å²) in [6, 6.07) is 10.1. The number of carbonyl (C=O) groups is 2. The molecule has 0 unspecified atom stereocenters. The molecule has 1 heterocycles. The highest BCUT2D eigenvalue weighted by atomic mass is 16.2. The number of amides is 2. The fourth-order valence-electron chi connectivity index (χ4n) is 4.15. The minimum Gasteiger partial charge on any atom is -0.356 e. The lowest BCUT2D eigenvalue weighted by Gasteiger charge is -2.27. The number of hydrogen-bond acceptors (Lipinski definition) is 3. The third kappa shape index (κ3) is 7.67. The molecule has 1 aromatic rings. The molecular weight excluding hydrogens is 388 g/mol. The molecule has 3 N–H and O–H groups in total. The van der Waals surface area contributed by atoms with Crippen LogP contribution in [0.3, 0.4) is 0 Å². The third-order valence-electron chi connectivity index (χ3n) is 6.06. The zero-order valence-corrected chi connectivity index (χ0v) is 19.3. The quantitative estimate of drug-likeness (QED) is 0.362. The molecule has 1 aliphatic rings. The van der Waals surface area contributed by atoms with Crippen molar-refractivity contribution in [1.29, 1.82) is 5.41 Å². The van der Waals surface area contributed by atoms with Crippen molar-refractivity contribution < 1.29 is 9.59 Å². The van der Waals surface area contributed by atoms with E-state index in [1.807, 2.05) is 18.2 Å². The molecule has 0 bridgehead atoms. The topological polar surface area (TPSA) is 85.3 Å². The number of hydrogen-bond donors (Lipinski definition) is 3. The van der Waals surface area contributed by atoms with Crippen molar-refractivity contribution in [1.82, 2.24) is 15.5 Å². The zero-order valence-electron chi connectivity index (χ0n) is 19.3. The first-order chi connectivity index (χ1) is 15.0. The zero-order chi connectivity index (χ0) is 22.5. The summed E-state index contributed by atoms with van der Waals surface area (Å²) in [6.45, 7) is 5.48. The molecule has 0 aliphatic carbocycles. The minimum absolute atomic E-state index is 0.0676. The van der Waals surface area contributed by atoms with Crippen LogP contribution >= 0.6 is 0 Å². The summed E-state index contributed by atoms with van der Waals surface area (Å²) < 4.78 is 0. The number of rotatable bonds is 15. The molecule has 6 nitrogen and oxygen atoms in total. The van der Waals surface area contributed by atoms with Crippen LogP contribution in [0.1, 0.15) is 83.6 Å². The van der Waals surface area contributed by atoms with Gasteiger partial charge >= 0.3 is 0 Å². The molecule has 2 rings (SSSR count). The highest BCUT2D eigenvalue weighted by Gasteiger charge is 2.47. The molecule has 172 valence electrons. The van der Waals surface area contributed by atoms with Crippen LogP contribution in [0.2, 0.25) is 0 Å². The van der Waals surface area contributed by atoms with Crippen LogP contribution in [0.5, 0.6) is 0 Å². The van der Waals surface area contributed by atoms with Gasteiger partial charge in [0.25, 0.3) is 5.91 Å². The van der Waals surface area contributed by atoms with Gasteiger partial charge in [-0.05, 0) is 37.7 Å². The minimum atomic E-state index is -0.582. The van der Waals surface area contributed by atoms with Gasteiger partial charge in [-0.1, -0.05) is 76.3 Å². The van der Waals surface area contributed by atoms with E-state index >= 15 is 0 Å². The molecule has 1 aliphatic heterocycles. The van der Waals surface area contributed by atoms with Crippen LogP contribution in [0.25, 0.3) is 0 Å². The SMILES string of the molecule is CCCCC1(CCCC)NC(=N)N(CCCCCC(=O)NCCc2ccccc2)C1=O. The van der Waals surface area contributed by atoms with Gasteiger partial charge in [-0.15, -0.1) is 0 Å². The lowest BCUT2D eigenvalue weighted by molar-refractivity contribution is -0.131. The van der Waals surface area contributed by atoms with Crippen molar-refractivity contribution in [2.24, 2.45) is 0 Å². The summed E-state index contributed by atoms with van der Waals surface area (Å²) in [4.78, 5) is 26.8. The van der Waals surface area contributed by atoms with Crippen molar-refractivity contribution in [2.45, 2.75) is 90.0 Å². The number of carbonyl (C=O) groups excluding carboxylic acids is 2. The molecule has 1 aromatic carbocycles. The largest absolute Gasteiger partial charge is 0.356 e. The van der Waals surface area contributed by atoms with Crippen LogP contribution in [0.4, 0.5) is 0 Å². The maximum Gasteiger partial charge on any atom is 0.255 e. The van der Waals surface area contributed by atoms with Crippen molar-refractivity contribution >= 4 is 17.8 Å². The summed E-state index contributed by atoms with van der Waals surface area (Å²) in [5, 5.41) is 14.5.